The van der Waals surface area contributed by atoms with Crippen molar-refractivity contribution < 1.29 is 22.9 Å². The average molecular weight is 379 g/mol. The van der Waals surface area contributed by atoms with Gasteiger partial charge in [0, 0.05) is 25.9 Å². The van der Waals surface area contributed by atoms with Gasteiger partial charge in [-0.3, -0.25) is 0 Å². The Balaban J connectivity index is -0.000000468. The van der Waals surface area contributed by atoms with Crippen molar-refractivity contribution in [1.29, 1.82) is 0 Å². The first kappa shape index (κ1) is 27.9. The van der Waals surface area contributed by atoms with Gasteiger partial charge in [-0.2, -0.15) is 0 Å². The first-order chi connectivity index (χ1) is 11.2. The van der Waals surface area contributed by atoms with E-state index < -0.39 is 8.80 Å². The zero-order chi connectivity index (χ0) is 17.8. The Labute approximate surface area is 151 Å². The van der Waals surface area contributed by atoms with Crippen LogP contribution in [0, 0.1) is 0 Å². The molecule has 0 atom stereocenters. The molecular formula is C15H34N2O5Si2. The summed E-state index contributed by atoms with van der Waals surface area (Å²) in [5, 5.41) is 0. The average Bonchev–Trinajstić information content (AvgIpc) is 2.54. The highest BCUT2D eigenvalue weighted by molar-refractivity contribution is 6.60. The Morgan fingerprint density at radius 2 is 1.21 bits per heavy atom. The van der Waals surface area contributed by atoms with Crippen LogP contribution in [0.3, 0.4) is 0 Å². The Hall–Kier alpha value is -0.926. The second-order valence-corrected chi connectivity index (χ2v) is 7.12. The van der Waals surface area contributed by atoms with Gasteiger partial charge in [0.25, 0.3) is 0 Å². The van der Waals surface area contributed by atoms with Gasteiger partial charge < -0.3 is 13.3 Å². The quantitative estimate of drug-likeness (QED) is 0.209. The first-order valence-corrected chi connectivity index (χ1v) is 10.1. The molecule has 7 nitrogen and oxygen atoms in total. The van der Waals surface area contributed by atoms with Crippen LogP contribution in [0.25, 0.3) is 0 Å². The molecule has 0 saturated heterocycles. The van der Waals surface area contributed by atoms with Crippen molar-refractivity contribution in [3.63, 3.8) is 0 Å². The van der Waals surface area contributed by atoms with Crippen LogP contribution < -0.4 is 0 Å². The van der Waals surface area contributed by atoms with Gasteiger partial charge in [-0.15, -0.1) is 0 Å². The van der Waals surface area contributed by atoms with Crippen LogP contribution in [0.15, 0.2) is 9.98 Å². The monoisotopic (exact) mass is 378 g/mol. The maximum absolute atomic E-state index is 9.93. The molecule has 0 aromatic carbocycles. The molecule has 0 fully saturated rings. The van der Waals surface area contributed by atoms with E-state index in [1.807, 2.05) is 20.8 Å². The maximum Gasteiger partial charge on any atom is 0.500 e. The van der Waals surface area contributed by atoms with Gasteiger partial charge in [-0.25, -0.2) is 19.6 Å². The number of unbranched alkanes of at least 4 members (excludes halogenated alkanes) is 1. The van der Waals surface area contributed by atoms with Gasteiger partial charge in [-0.05, 0) is 44.6 Å². The predicted molar refractivity (Wildman–Crippen MR) is 102 cm³/mol. The van der Waals surface area contributed by atoms with Crippen LogP contribution in [-0.4, -0.2) is 64.8 Å². The van der Waals surface area contributed by atoms with Crippen molar-refractivity contribution >= 4 is 31.9 Å². The van der Waals surface area contributed by atoms with E-state index >= 15 is 0 Å². The van der Waals surface area contributed by atoms with Gasteiger partial charge in [0.2, 0.25) is 12.2 Å². The Morgan fingerprint density at radius 3 is 1.54 bits per heavy atom. The molecule has 0 unspecified atom stereocenters. The van der Waals surface area contributed by atoms with Crippen molar-refractivity contribution in [3.8, 4) is 0 Å². The largest absolute Gasteiger partial charge is 0.500 e. The summed E-state index contributed by atoms with van der Waals surface area (Å²) >= 11 is 0. The van der Waals surface area contributed by atoms with E-state index in [2.05, 4.69) is 16.9 Å². The molecule has 0 aliphatic carbocycles. The molecule has 9 heteroatoms. The molecule has 0 saturated carbocycles. The van der Waals surface area contributed by atoms with E-state index in [1.165, 1.54) is 12.2 Å². The zero-order valence-electron chi connectivity index (χ0n) is 14.8. The van der Waals surface area contributed by atoms with Gasteiger partial charge in [0.15, 0.2) is 0 Å². The van der Waals surface area contributed by atoms with Gasteiger partial charge in [0.1, 0.15) is 0 Å². The number of rotatable bonds is 13. The molecular weight excluding hydrogens is 344 g/mol. The lowest BCUT2D eigenvalue weighted by Crippen LogP contribution is -2.46. The Kier molecular flexibility index (Phi) is 25.7. The van der Waals surface area contributed by atoms with Gasteiger partial charge in [-0.1, -0.05) is 13.3 Å². The number of aliphatic imine (C=N–C) groups is 2. The molecule has 142 valence electrons. The van der Waals surface area contributed by atoms with Crippen LogP contribution in [0.5, 0.6) is 0 Å². The summed E-state index contributed by atoms with van der Waals surface area (Å²) in [5.74, 6) is 0. The van der Waals surface area contributed by atoms with E-state index in [-0.39, 0.29) is 11.0 Å². The van der Waals surface area contributed by atoms with Crippen LogP contribution >= 0.6 is 0 Å². The third kappa shape index (κ3) is 17.4. The SMILES string of the molecule is CCCCN=C=O.CCO[Si](CCCN=C=O)(OCC)OCC.[SiH4]. The van der Waals surface area contributed by atoms with Crippen LogP contribution in [-0.2, 0) is 22.9 Å². The lowest BCUT2D eigenvalue weighted by molar-refractivity contribution is 0.0710. The summed E-state index contributed by atoms with van der Waals surface area (Å²) in [6.07, 6.45) is 5.80. The van der Waals surface area contributed by atoms with Crippen molar-refractivity contribution in [2.75, 3.05) is 32.9 Å². The van der Waals surface area contributed by atoms with E-state index in [4.69, 9.17) is 13.3 Å². The van der Waals surface area contributed by atoms with Crippen molar-refractivity contribution in [2.24, 2.45) is 9.98 Å². The summed E-state index contributed by atoms with van der Waals surface area (Å²) < 4.78 is 16.9. The Morgan fingerprint density at radius 1 is 0.792 bits per heavy atom. The first-order valence-electron chi connectivity index (χ1n) is 8.15. The third-order valence-electron chi connectivity index (χ3n) is 2.60. The second kappa shape index (κ2) is 22.1. The van der Waals surface area contributed by atoms with Crippen molar-refractivity contribution in [2.45, 2.75) is 53.0 Å². The molecule has 0 amide bonds. The van der Waals surface area contributed by atoms with Crippen LogP contribution in [0.2, 0.25) is 6.04 Å². The molecule has 0 aliphatic rings. The van der Waals surface area contributed by atoms with Crippen molar-refractivity contribution in [1.82, 2.24) is 0 Å². The zero-order valence-corrected chi connectivity index (χ0v) is 15.8. The van der Waals surface area contributed by atoms with Crippen molar-refractivity contribution in [3.05, 3.63) is 0 Å². The van der Waals surface area contributed by atoms with E-state index in [1.54, 1.807) is 0 Å². The molecule has 0 aromatic heterocycles. The fourth-order valence-electron chi connectivity index (χ4n) is 1.70. The summed E-state index contributed by atoms with van der Waals surface area (Å²) in [6.45, 7) is 10.6. The fraction of sp³-hybridized carbons (Fsp3) is 0.867. The topological polar surface area (TPSA) is 86.6 Å². The van der Waals surface area contributed by atoms with E-state index in [9.17, 15) is 9.59 Å². The summed E-state index contributed by atoms with van der Waals surface area (Å²) in [5.41, 5.74) is 0. The number of hydrogen-bond acceptors (Lipinski definition) is 7. The van der Waals surface area contributed by atoms with Crippen LogP contribution in [0.4, 0.5) is 0 Å². The number of hydrogen-bond donors (Lipinski definition) is 0. The molecule has 0 spiro atoms. The van der Waals surface area contributed by atoms with E-state index in [0.29, 0.717) is 39.0 Å². The van der Waals surface area contributed by atoms with Gasteiger partial charge in [0.05, 0.1) is 13.1 Å². The predicted octanol–water partition coefficient (Wildman–Crippen LogP) is 1.43. The highest BCUT2D eigenvalue weighted by Crippen LogP contribution is 2.17. The van der Waals surface area contributed by atoms with Gasteiger partial charge >= 0.3 is 8.80 Å². The molecule has 0 bridgehead atoms. The molecule has 0 aromatic rings. The third-order valence-corrected chi connectivity index (χ3v) is 5.75. The lowest BCUT2D eigenvalue weighted by atomic mass is 10.3. The minimum Gasteiger partial charge on any atom is -0.374 e. The second-order valence-electron chi connectivity index (χ2n) is 4.39. The number of nitrogens with zero attached hydrogens (tertiary/aromatic N) is 2. The highest BCUT2D eigenvalue weighted by Gasteiger charge is 2.39. The molecule has 0 rings (SSSR count). The summed E-state index contributed by atoms with van der Waals surface area (Å²) in [7, 11) is -2.54. The summed E-state index contributed by atoms with van der Waals surface area (Å²) in [6, 6.07) is 0.688. The minimum atomic E-state index is -2.54. The molecule has 0 radical (unpaired) electrons. The smallest absolute Gasteiger partial charge is 0.374 e. The molecule has 0 aliphatic heterocycles. The standard InChI is InChI=1S/C10H21NO4Si.C5H9NO.H4Si/c1-4-13-16(14-5-2,15-6-3)9-7-8-11-10-12;1-2-3-4-6-5-7;/h4-9H2,1-3H3;2-4H2,1H3;1H4. The number of isocyanates is 2. The van der Waals surface area contributed by atoms with Crippen LogP contribution in [0.1, 0.15) is 47.0 Å². The van der Waals surface area contributed by atoms with E-state index in [0.717, 1.165) is 19.3 Å². The molecule has 24 heavy (non-hydrogen) atoms. The summed E-state index contributed by atoms with van der Waals surface area (Å²) in [4.78, 5) is 26.2. The lowest BCUT2D eigenvalue weighted by Gasteiger charge is -2.28. The maximum atomic E-state index is 9.93. The fourth-order valence-corrected chi connectivity index (χ4v) is 4.30. The normalized spacial score (nSPS) is 9.67. The molecule has 0 N–H and O–H groups in total. The number of carbonyl (C=O) groups excluding carboxylic acids is 2. The Bertz CT molecular complexity index is 343. The highest BCUT2D eigenvalue weighted by atomic mass is 28.4. The minimum absolute atomic E-state index is 0. The molecule has 0 heterocycles.